The van der Waals surface area contributed by atoms with Gasteiger partial charge in [-0.2, -0.15) is 0 Å². The number of ether oxygens (including phenoxy) is 1. The number of nitrogens with zero attached hydrogens (tertiary/aromatic N) is 1. The van der Waals surface area contributed by atoms with E-state index in [4.69, 9.17) is 4.74 Å². The van der Waals surface area contributed by atoms with E-state index in [1.807, 2.05) is 0 Å². The first-order valence-corrected chi connectivity index (χ1v) is 8.50. The van der Waals surface area contributed by atoms with Gasteiger partial charge >= 0.3 is 0 Å². The van der Waals surface area contributed by atoms with Crippen LogP contribution < -0.4 is 0 Å². The first-order chi connectivity index (χ1) is 9.70. The van der Waals surface area contributed by atoms with Crippen LogP contribution in [0.5, 0.6) is 0 Å². The van der Waals surface area contributed by atoms with E-state index in [0.717, 1.165) is 43.7 Å². The predicted octanol–water partition coefficient (Wildman–Crippen LogP) is 2.84. The van der Waals surface area contributed by atoms with Gasteiger partial charge in [-0.25, -0.2) is 0 Å². The smallest absolute Gasteiger partial charge is 0.229 e. The second kappa shape index (κ2) is 4.72. The molecule has 3 nitrogen and oxygen atoms in total. The zero-order valence-electron chi connectivity index (χ0n) is 12.6. The van der Waals surface area contributed by atoms with Crippen LogP contribution >= 0.6 is 0 Å². The molecule has 1 unspecified atom stereocenters. The molecule has 0 radical (unpaired) electrons. The van der Waals surface area contributed by atoms with E-state index in [0.29, 0.717) is 11.9 Å². The van der Waals surface area contributed by atoms with E-state index in [9.17, 15) is 4.79 Å². The molecule has 3 heteroatoms. The van der Waals surface area contributed by atoms with E-state index in [1.165, 1.54) is 38.5 Å². The molecule has 0 aromatic rings. The fourth-order valence-electron chi connectivity index (χ4n) is 6.15. The van der Waals surface area contributed by atoms with Crippen LogP contribution in [0.15, 0.2) is 0 Å². The fourth-order valence-corrected chi connectivity index (χ4v) is 6.15. The van der Waals surface area contributed by atoms with Crippen molar-refractivity contribution in [2.24, 2.45) is 23.2 Å². The summed E-state index contributed by atoms with van der Waals surface area (Å²) in [6, 6.07) is 0.348. The number of carbonyl (C=O) groups excluding carboxylic acids is 1. The molecular weight excluding hydrogens is 250 g/mol. The van der Waals surface area contributed by atoms with Crippen LogP contribution in [0.1, 0.15) is 51.4 Å². The molecule has 112 valence electrons. The summed E-state index contributed by atoms with van der Waals surface area (Å²) in [7, 11) is 1.76. The molecule has 5 rings (SSSR count). The molecule has 4 bridgehead atoms. The van der Waals surface area contributed by atoms with Crippen molar-refractivity contribution < 1.29 is 9.53 Å². The Balaban J connectivity index is 1.56. The molecule has 1 saturated heterocycles. The fraction of sp³-hybridized carbons (Fsp3) is 0.941. The van der Waals surface area contributed by atoms with Crippen LogP contribution in [0, 0.1) is 23.2 Å². The van der Waals surface area contributed by atoms with E-state index in [1.54, 1.807) is 7.11 Å². The van der Waals surface area contributed by atoms with Crippen LogP contribution in [-0.4, -0.2) is 37.1 Å². The number of hydrogen-bond donors (Lipinski definition) is 0. The molecule has 4 aliphatic carbocycles. The molecule has 0 aromatic heterocycles. The van der Waals surface area contributed by atoms with Crippen molar-refractivity contribution in [1.82, 2.24) is 4.90 Å². The maximum absolute atomic E-state index is 13.3. The molecule has 0 N–H and O–H groups in total. The lowest BCUT2D eigenvalue weighted by Crippen LogP contribution is -2.55. The summed E-state index contributed by atoms with van der Waals surface area (Å²) in [4.78, 5) is 15.4. The summed E-state index contributed by atoms with van der Waals surface area (Å²) in [6.07, 6.45) is 10.1. The van der Waals surface area contributed by atoms with Crippen LogP contribution in [-0.2, 0) is 9.53 Å². The quantitative estimate of drug-likeness (QED) is 0.794. The van der Waals surface area contributed by atoms with Crippen molar-refractivity contribution in [2.75, 3.05) is 20.3 Å². The summed E-state index contributed by atoms with van der Waals surface area (Å²) in [6.45, 7) is 1.69. The highest BCUT2D eigenvalue weighted by Crippen LogP contribution is 2.60. The molecule has 5 fully saturated rings. The zero-order chi connectivity index (χ0) is 13.7. The summed E-state index contributed by atoms with van der Waals surface area (Å²) in [5, 5.41) is 0. The highest BCUT2D eigenvalue weighted by Gasteiger charge is 2.56. The van der Waals surface area contributed by atoms with Crippen LogP contribution in [0.4, 0.5) is 0 Å². The molecule has 0 spiro atoms. The summed E-state index contributed by atoms with van der Waals surface area (Å²) >= 11 is 0. The van der Waals surface area contributed by atoms with E-state index in [-0.39, 0.29) is 5.41 Å². The molecule has 1 amide bonds. The Bertz CT molecular complexity index is 371. The maximum atomic E-state index is 13.3. The van der Waals surface area contributed by atoms with Gasteiger partial charge in [-0.3, -0.25) is 4.79 Å². The monoisotopic (exact) mass is 277 g/mol. The standard InChI is InChI=1S/C17H27NO2/c1-20-11-15-3-2-4-18(15)16(19)17-8-12-5-13(9-17)7-14(6-12)10-17/h12-15H,2-11H2,1H3. The summed E-state index contributed by atoms with van der Waals surface area (Å²) in [5.74, 6) is 3.06. The molecule has 4 saturated carbocycles. The van der Waals surface area contributed by atoms with Crippen molar-refractivity contribution in [3.63, 3.8) is 0 Å². The molecule has 0 aromatic carbocycles. The van der Waals surface area contributed by atoms with Crippen molar-refractivity contribution in [1.29, 1.82) is 0 Å². The Kier molecular flexibility index (Phi) is 3.10. The lowest BCUT2D eigenvalue weighted by molar-refractivity contribution is -0.159. The SMILES string of the molecule is COCC1CCCN1C(=O)C12CC3CC(CC(C3)C1)C2. The van der Waals surface area contributed by atoms with E-state index in [2.05, 4.69) is 4.90 Å². The molecule has 1 atom stereocenters. The van der Waals surface area contributed by atoms with Gasteiger partial charge in [-0.1, -0.05) is 0 Å². The van der Waals surface area contributed by atoms with Gasteiger partial charge in [0, 0.05) is 13.7 Å². The minimum Gasteiger partial charge on any atom is -0.383 e. The normalized spacial score (nSPS) is 46.1. The third kappa shape index (κ3) is 1.93. The van der Waals surface area contributed by atoms with Crippen molar-refractivity contribution >= 4 is 5.91 Å². The van der Waals surface area contributed by atoms with Crippen LogP contribution in [0.25, 0.3) is 0 Å². The molecule has 1 aliphatic heterocycles. The minimum atomic E-state index is 0.0328. The molecule has 1 heterocycles. The van der Waals surface area contributed by atoms with Gasteiger partial charge in [0.2, 0.25) is 5.91 Å². The highest BCUT2D eigenvalue weighted by molar-refractivity contribution is 5.84. The second-order valence-corrected chi connectivity index (χ2v) is 7.95. The molecule has 5 aliphatic rings. The first-order valence-electron chi connectivity index (χ1n) is 8.50. The Morgan fingerprint density at radius 1 is 1.15 bits per heavy atom. The van der Waals surface area contributed by atoms with Gasteiger partial charge in [0.05, 0.1) is 18.1 Å². The summed E-state index contributed by atoms with van der Waals surface area (Å²) in [5.41, 5.74) is 0.0328. The van der Waals surface area contributed by atoms with Gasteiger partial charge in [0.15, 0.2) is 0 Å². The average Bonchev–Trinajstić information content (AvgIpc) is 2.85. The van der Waals surface area contributed by atoms with Gasteiger partial charge in [-0.15, -0.1) is 0 Å². The van der Waals surface area contributed by atoms with Crippen LogP contribution in [0.2, 0.25) is 0 Å². The Morgan fingerprint density at radius 2 is 1.75 bits per heavy atom. The van der Waals surface area contributed by atoms with Gasteiger partial charge in [0.1, 0.15) is 0 Å². The van der Waals surface area contributed by atoms with Gasteiger partial charge in [-0.05, 0) is 69.1 Å². The Hall–Kier alpha value is -0.570. The van der Waals surface area contributed by atoms with Gasteiger partial charge < -0.3 is 9.64 Å². The topological polar surface area (TPSA) is 29.5 Å². The maximum Gasteiger partial charge on any atom is 0.229 e. The number of carbonyl (C=O) groups is 1. The largest absolute Gasteiger partial charge is 0.383 e. The zero-order valence-corrected chi connectivity index (χ0v) is 12.6. The minimum absolute atomic E-state index is 0.0328. The van der Waals surface area contributed by atoms with E-state index < -0.39 is 0 Å². The van der Waals surface area contributed by atoms with Crippen molar-refractivity contribution in [2.45, 2.75) is 57.4 Å². The average molecular weight is 277 g/mol. The van der Waals surface area contributed by atoms with Crippen LogP contribution in [0.3, 0.4) is 0 Å². The Morgan fingerprint density at radius 3 is 2.30 bits per heavy atom. The number of amides is 1. The highest BCUT2D eigenvalue weighted by atomic mass is 16.5. The van der Waals surface area contributed by atoms with Crippen molar-refractivity contribution in [3.8, 4) is 0 Å². The second-order valence-electron chi connectivity index (χ2n) is 7.95. The predicted molar refractivity (Wildman–Crippen MR) is 77.2 cm³/mol. The summed E-state index contributed by atoms with van der Waals surface area (Å²) < 4.78 is 5.33. The Labute approximate surface area is 122 Å². The lowest BCUT2D eigenvalue weighted by Gasteiger charge is -2.56. The number of methoxy groups -OCH3 is 1. The molecule has 20 heavy (non-hydrogen) atoms. The lowest BCUT2D eigenvalue weighted by atomic mass is 9.49. The van der Waals surface area contributed by atoms with Crippen molar-refractivity contribution in [3.05, 3.63) is 0 Å². The van der Waals surface area contributed by atoms with E-state index >= 15 is 0 Å². The third-order valence-corrected chi connectivity index (χ3v) is 6.49. The molecular formula is C17H27NO2. The third-order valence-electron chi connectivity index (χ3n) is 6.49. The van der Waals surface area contributed by atoms with Gasteiger partial charge in [0.25, 0.3) is 0 Å². The number of rotatable bonds is 3. The first kappa shape index (κ1) is 13.1. The number of hydrogen-bond acceptors (Lipinski definition) is 2. The number of likely N-dealkylation sites (tertiary alicyclic amines) is 1.